The highest BCUT2D eigenvalue weighted by atomic mass is 14.9. The first-order valence-electron chi connectivity index (χ1n) is 7.30. The van der Waals surface area contributed by atoms with E-state index in [-0.39, 0.29) is 0 Å². The van der Waals surface area contributed by atoms with Gasteiger partial charge in [-0.1, -0.05) is 43.0 Å². The van der Waals surface area contributed by atoms with Crippen molar-refractivity contribution in [2.24, 2.45) is 0 Å². The molecule has 0 radical (unpaired) electrons. The molecule has 0 aliphatic heterocycles. The Labute approximate surface area is 130 Å². The maximum absolute atomic E-state index is 4.21. The van der Waals surface area contributed by atoms with E-state index in [4.69, 9.17) is 0 Å². The van der Waals surface area contributed by atoms with Crippen LogP contribution < -0.4 is 10.6 Å². The van der Waals surface area contributed by atoms with Crippen molar-refractivity contribution >= 4 is 22.2 Å². The van der Waals surface area contributed by atoms with Gasteiger partial charge in [0.25, 0.3) is 0 Å². The molecule has 0 saturated heterocycles. The number of rotatable bonds is 5. The Balaban J connectivity index is 1.75. The molecule has 0 unspecified atom stereocenters. The average molecular weight is 289 g/mol. The van der Waals surface area contributed by atoms with E-state index in [0.29, 0.717) is 0 Å². The Morgan fingerprint density at radius 3 is 2.68 bits per heavy atom. The summed E-state index contributed by atoms with van der Waals surface area (Å²) in [5.41, 5.74) is 4.38. The van der Waals surface area contributed by atoms with Gasteiger partial charge in [-0.05, 0) is 28.6 Å². The number of pyridine rings is 1. The minimum absolute atomic E-state index is 0.778. The zero-order valence-electron chi connectivity index (χ0n) is 12.6. The number of hydrogen-bond donors (Lipinski definition) is 2. The summed E-state index contributed by atoms with van der Waals surface area (Å²) in [7, 11) is 1.88. The van der Waals surface area contributed by atoms with Crippen molar-refractivity contribution < 1.29 is 0 Å². The van der Waals surface area contributed by atoms with Gasteiger partial charge in [0.1, 0.15) is 0 Å². The van der Waals surface area contributed by atoms with Crippen molar-refractivity contribution in [1.29, 1.82) is 0 Å². The van der Waals surface area contributed by atoms with E-state index < -0.39 is 0 Å². The average Bonchev–Trinajstić information content (AvgIpc) is 2.59. The van der Waals surface area contributed by atoms with Crippen LogP contribution in [-0.2, 0) is 6.54 Å². The largest absolute Gasteiger partial charge is 0.388 e. The molecule has 3 aromatic rings. The Morgan fingerprint density at radius 1 is 1.09 bits per heavy atom. The second kappa shape index (κ2) is 6.31. The summed E-state index contributed by atoms with van der Waals surface area (Å²) in [4.78, 5) is 4.21. The van der Waals surface area contributed by atoms with Gasteiger partial charge in [-0.15, -0.1) is 0 Å². The third-order valence-corrected chi connectivity index (χ3v) is 3.77. The topological polar surface area (TPSA) is 37.0 Å². The number of nitrogens with zero attached hydrogens (tertiary/aromatic N) is 1. The molecular formula is C19H19N3. The van der Waals surface area contributed by atoms with E-state index in [1.807, 2.05) is 25.5 Å². The molecule has 0 spiro atoms. The predicted octanol–water partition coefficient (Wildman–Crippen LogP) is 4.04. The number of hydrogen-bond acceptors (Lipinski definition) is 3. The molecular weight excluding hydrogens is 270 g/mol. The lowest BCUT2D eigenvalue weighted by Crippen LogP contribution is -2.04. The second-order valence-corrected chi connectivity index (χ2v) is 5.18. The third-order valence-electron chi connectivity index (χ3n) is 3.77. The molecule has 2 aromatic carbocycles. The number of benzene rings is 2. The van der Waals surface area contributed by atoms with Crippen LogP contribution in [-0.4, -0.2) is 12.0 Å². The van der Waals surface area contributed by atoms with Crippen LogP contribution in [0.25, 0.3) is 16.5 Å². The Bertz CT molecular complexity index is 786. The molecule has 3 heteroatoms. The highest BCUT2D eigenvalue weighted by Gasteiger charge is 2.01. The molecule has 1 aromatic heterocycles. The fraction of sp³-hybridized carbons (Fsp3) is 0.105. The lowest BCUT2D eigenvalue weighted by Gasteiger charge is -2.10. The second-order valence-electron chi connectivity index (χ2n) is 5.18. The smallest absolute Gasteiger partial charge is 0.0438 e. The Hall–Kier alpha value is -2.81. The molecule has 3 nitrogen and oxygen atoms in total. The minimum atomic E-state index is 0.778. The van der Waals surface area contributed by atoms with Crippen LogP contribution in [0.2, 0.25) is 0 Å². The maximum Gasteiger partial charge on any atom is 0.0438 e. The number of fused-ring (bicyclic) bond motifs is 1. The van der Waals surface area contributed by atoms with Crippen molar-refractivity contribution in [2.45, 2.75) is 6.54 Å². The summed E-state index contributed by atoms with van der Waals surface area (Å²) in [5.74, 6) is 0. The number of aromatic nitrogens is 1. The van der Waals surface area contributed by atoms with Gasteiger partial charge in [-0.3, -0.25) is 4.98 Å². The fourth-order valence-electron chi connectivity index (χ4n) is 2.43. The molecule has 110 valence electrons. The number of anilines is 1. The Morgan fingerprint density at radius 2 is 1.91 bits per heavy atom. The quantitative estimate of drug-likeness (QED) is 0.744. The zero-order chi connectivity index (χ0) is 15.4. The summed E-state index contributed by atoms with van der Waals surface area (Å²) >= 11 is 0. The monoisotopic (exact) mass is 289 g/mol. The van der Waals surface area contributed by atoms with Crippen molar-refractivity contribution in [3.05, 3.63) is 78.6 Å². The van der Waals surface area contributed by atoms with E-state index in [1.165, 1.54) is 10.9 Å². The van der Waals surface area contributed by atoms with Crippen LogP contribution in [0, 0.1) is 0 Å². The van der Waals surface area contributed by atoms with E-state index >= 15 is 0 Å². The first-order chi connectivity index (χ1) is 10.8. The molecule has 0 bridgehead atoms. The van der Waals surface area contributed by atoms with E-state index in [9.17, 15) is 0 Å². The van der Waals surface area contributed by atoms with Crippen LogP contribution in [0.5, 0.6) is 0 Å². The van der Waals surface area contributed by atoms with E-state index in [0.717, 1.165) is 28.9 Å². The molecule has 3 rings (SSSR count). The molecule has 0 amide bonds. The van der Waals surface area contributed by atoms with Crippen LogP contribution in [0.15, 0.2) is 67.5 Å². The summed E-state index contributed by atoms with van der Waals surface area (Å²) in [6, 6.07) is 16.7. The van der Waals surface area contributed by atoms with Gasteiger partial charge in [-0.2, -0.15) is 0 Å². The normalized spacial score (nSPS) is 10.4. The van der Waals surface area contributed by atoms with E-state index in [1.54, 1.807) is 0 Å². The first-order valence-corrected chi connectivity index (χ1v) is 7.30. The van der Waals surface area contributed by atoms with Gasteiger partial charge in [-0.25, -0.2) is 0 Å². The molecule has 0 atom stereocenters. The fourth-order valence-corrected chi connectivity index (χ4v) is 2.43. The van der Waals surface area contributed by atoms with Crippen molar-refractivity contribution in [2.75, 3.05) is 12.4 Å². The van der Waals surface area contributed by atoms with E-state index in [2.05, 4.69) is 64.7 Å². The Kier molecular flexibility index (Phi) is 4.05. The molecule has 0 aliphatic carbocycles. The highest BCUT2D eigenvalue weighted by Crippen LogP contribution is 2.22. The molecule has 0 aliphatic rings. The van der Waals surface area contributed by atoms with Gasteiger partial charge in [0.05, 0.1) is 0 Å². The number of nitrogens with one attached hydrogen (secondary N) is 2. The van der Waals surface area contributed by atoms with Crippen LogP contribution in [0.1, 0.15) is 11.1 Å². The lowest BCUT2D eigenvalue weighted by molar-refractivity contribution is 1.12. The maximum atomic E-state index is 4.21. The highest BCUT2D eigenvalue weighted by molar-refractivity contribution is 5.93. The third kappa shape index (κ3) is 2.93. The SMILES string of the molecule is C=C(NC)c1ccc(CNc2cccc3ccncc23)cc1. The summed E-state index contributed by atoms with van der Waals surface area (Å²) < 4.78 is 0. The van der Waals surface area contributed by atoms with Gasteiger partial charge in [0.15, 0.2) is 0 Å². The van der Waals surface area contributed by atoms with Crippen LogP contribution in [0.3, 0.4) is 0 Å². The molecule has 1 heterocycles. The summed E-state index contributed by atoms with van der Waals surface area (Å²) in [6.07, 6.45) is 3.72. The van der Waals surface area contributed by atoms with Gasteiger partial charge in [0.2, 0.25) is 0 Å². The molecule has 0 fully saturated rings. The zero-order valence-corrected chi connectivity index (χ0v) is 12.6. The van der Waals surface area contributed by atoms with Gasteiger partial charge < -0.3 is 10.6 Å². The van der Waals surface area contributed by atoms with Crippen molar-refractivity contribution in [3.63, 3.8) is 0 Å². The predicted molar refractivity (Wildman–Crippen MR) is 93.6 cm³/mol. The molecule has 2 N–H and O–H groups in total. The van der Waals surface area contributed by atoms with Crippen molar-refractivity contribution in [1.82, 2.24) is 10.3 Å². The summed E-state index contributed by atoms with van der Waals surface area (Å²) in [6.45, 7) is 4.75. The van der Waals surface area contributed by atoms with Crippen LogP contribution in [0.4, 0.5) is 5.69 Å². The van der Waals surface area contributed by atoms with Crippen LogP contribution >= 0.6 is 0 Å². The van der Waals surface area contributed by atoms with Gasteiger partial charge >= 0.3 is 0 Å². The standard InChI is InChI=1S/C19H19N3/c1-14(20-2)16-8-6-15(7-9-16)12-22-19-5-3-4-17-10-11-21-13-18(17)19/h3-11,13,20,22H,1,12H2,2H3. The first kappa shape index (κ1) is 14.1. The van der Waals surface area contributed by atoms with Crippen molar-refractivity contribution in [3.8, 4) is 0 Å². The minimum Gasteiger partial charge on any atom is -0.388 e. The summed E-state index contributed by atoms with van der Waals surface area (Å²) in [5, 5.41) is 8.89. The molecule has 22 heavy (non-hydrogen) atoms. The lowest BCUT2D eigenvalue weighted by atomic mass is 10.1. The molecule has 0 saturated carbocycles. The van der Waals surface area contributed by atoms with Gasteiger partial charge in [0, 0.05) is 42.8 Å².